The van der Waals surface area contributed by atoms with Crippen LogP contribution in [0.15, 0.2) is 275 Å². The van der Waals surface area contributed by atoms with E-state index in [1.165, 1.54) is 62.6 Å². The summed E-state index contributed by atoms with van der Waals surface area (Å²) in [6.07, 6.45) is 6.75. The molecule has 0 aliphatic carbocycles. The number of amides is 4. The van der Waals surface area contributed by atoms with Crippen LogP contribution in [-0.4, -0.2) is 118 Å². The van der Waals surface area contributed by atoms with E-state index in [2.05, 4.69) is 56.2 Å². The molecule has 0 spiro atoms. The number of thiazole rings is 4. The second-order valence-electron chi connectivity index (χ2n) is 35.2. The Morgan fingerprint density at radius 3 is 0.830 bits per heavy atom. The van der Waals surface area contributed by atoms with Gasteiger partial charge in [-0.1, -0.05) is 175 Å². The lowest BCUT2D eigenvalue weighted by molar-refractivity contribution is -0.116. The van der Waals surface area contributed by atoms with Crippen molar-refractivity contribution in [3.05, 3.63) is 359 Å². The van der Waals surface area contributed by atoms with Gasteiger partial charge < -0.3 is 21.3 Å². The number of hydrogen-bond acceptors (Lipinski definition) is 23. The van der Waals surface area contributed by atoms with Gasteiger partial charge in [0.15, 0.2) is 20.5 Å². The van der Waals surface area contributed by atoms with Gasteiger partial charge in [0.1, 0.15) is 0 Å². The molecule has 4 N–H and O–H groups in total. The number of benzene rings is 9. The number of nitrogens with zero attached hydrogens (tertiary/aromatic N) is 11. The van der Waals surface area contributed by atoms with Gasteiger partial charge in [0.05, 0.1) is 90.8 Å². The topological polar surface area (TPSA) is 356 Å². The van der Waals surface area contributed by atoms with Crippen LogP contribution in [-0.2, 0) is 111 Å². The molecule has 0 saturated heterocycles. The van der Waals surface area contributed by atoms with E-state index in [-0.39, 0.29) is 79.0 Å². The Labute approximate surface area is 878 Å². The second kappa shape index (κ2) is 46.7. The van der Waals surface area contributed by atoms with Crippen LogP contribution in [0.2, 0.25) is 0 Å². The maximum absolute atomic E-state index is 13.4. The van der Waals surface area contributed by atoms with Crippen molar-refractivity contribution >= 4 is 152 Å². The van der Waals surface area contributed by atoms with Crippen LogP contribution >= 0.6 is 45.3 Å². The monoisotopic (exact) mass is 2120 g/mol. The number of sulfonamides is 4. The summed E-state index contributed by atoms with van der Waals surface area (Å²) in [5.74, 6) is -0.590. The van der Waals surface area contributed by atoms with E-state index in [1.54, 1.807) is 67.0 Å². The summed E-state index contributed by atoms with van der Waals surface area (Å²) in [6, 6.07) is 74.1. The molecule has 7 aromatic heterocycles. The van der Waals surface area contributed by atoms with Gasteiger partial charge in [-0.2, -0.15) is 0 Å². The first-order valence-corrected chi connectivity index (χ1v) is 55.3. The zero-order valence-corrected chi connectivity index (χ0v) is 86.9. The number of fused-ring (bicyclic) bond motifs is 4. The van der Waals surface area contributed by atoms with Crippen molar-refractivity contribution in [2.75, 3.05) is 64.7 Å². The Morgan fingerprint density at radius 1 is 0.293 bits per heavy atom. The molecule has 0 fully saturated rings. The van der Waals surface area contributed by atoms with Crippen LogP contribution in [0.25, 0.3) is 45.0 Å². The van der Waals surface area contributed by atoms with Crippen molar-refractivity contribution in [3.8, 4) is 45.0 Å². The van der Waals surface area contributed by atoms with Gasteiger partial charge in [0.25, 0.3) is 40.1 Å². The maximum atomic E-state index is 13.4. The number of rotatable bonds is 24. The number of aromatic nitrogens is 7. The first-order valence-electron chi connectivity index (χ1n) is 46.2. The minimum Gasteiger partial charge on any atom is -0.302 e. The van der Waals surface area contributed by atoms with Crippen LogP contribution in [0, 0.1) is 76.2 Å². The first kappa shape index (κ1) is 110. The lowest BCUT2D eigenvalue weighted by Crippen LogP contribution is -2.29. The number of carbonyl (C=O) groups is 4. The molecule has 16 aromatic rings. The van der Waals surface area contributed by atoms with Crippen molar-refractivity contribution in [2.24, 2.45) is 0 Å². The molecule has 11 heterocycles. The molecule has 35 heteroatoms. The normalized spacial score (nSPS) is 12.7. The minimum atomic E-state index is -3.64. The highest BCUT2D eigenvalue weighted by Gasteiger charge is 2.38. The fraction of sp³-hybridized carbons (Fsp3) is 0.241. The Morgan fingerprint density at radius 2 is 0.565 bits per heavy atom. The van der Waals surface area contributed by atoms with E-state index in [0.717, 1.165) is 137 Å². The zero-order chi connectivity index (χ0) is 101. The molecule has 4 amide bonds. The summed E-state index contributed by atoms with van der Waals surface area (Å²) in [7, 11) is -14.5. The van der Waals surface area contributed by atoms with Crippen molar-refractivity contribution in [3.63, 3.8) is 0 Å². The average Bonchev–Trinajstić information content (AvgIpc) is 1.58. The third-order valence-electron chi connectivity index (χ3n) is 24.8. The lowest BCUT2D eigenvalue weighted by Gasteiger charge is -2.21. The number of hydrogen-bond donors (Lipinski definition) is 4. The largest absolute Gasteiger partial charge is 0.302 e. The van der Waals surface area contributed by atoms with Gasteiger partial charge in [0, 0.05) is 103 Å². The van der Waals surface area contributed by atoms with Crippen LogP contribution in [0.4, 0.5) is 43.3 Å². The van der Waals surface area contributed by atoms with Gasteiger partial charge in [-0.25, -0.2) is 53.6 Å². The minimum absolute atomic E-state index is 0. The Balaban J connectivity index is 0.000000162. The Bertz CT molecular complexity index is 7870. The van der Waals surface area contributed by atoms with Gasteiger partial charge >= 0.3 is 0 Å². The smallest absolute Gasteiger partial charge is 0.264 e. The zero-order valence-electron chi connectivity index (χ0n) is 80.3. The molecule has 0 radical (unpaired) electrons. The standard InChI is InChI=1S/C28H27N3O3S2.2C27H26N4O3S2.C26H24N4O3S2.4CH4/c1-18-8-10-21(11-9-18)16-26(32)29-28-30-27(20(3)35-28)23-12-13-24-22(17-23)14-15-31(24)36(33,34)25-7-5-4-6-19(25)2;2*1-17-7-4-5-10-24(17)36(33,34)31-14-13-20-15-21(11-12-23(20)31)26-19(3)35-27(30-26)29-25(32)16-22-9-6-8-18(2)28-22;1-17-6-3-4-8-23(17)35(32,33)30-13-11-20-15-21(9-10-22(20)30)25-18(2)34-26(29-25)28-24(31)14-19-7-5-12-27-16-19;;;;/h4-13,17H,14-16H2,1-3H3,(H,29,30,32);2*4-12,15H,13-14,16H2,1-3H3,(H,29,30,32);3-10,12,15-16H,11,13-14H2,1-2H3,(H,28,29,31);4*1H4. The molecule has 4 aliphatic heterocycles. The van der Waals surface area contributed by atoms with Crippen LogP contribution < -0.4 is 38.5 Å². The van der Waals surface area contributed by atoms with Gasteiger partial charge in [-0.3, -0.25) is 51.4 Å². The number of anilines is 8. The van der Waals surface area contributed by atoms with Crippen LogP contribution in [0.5, 0.6) is 0 Å². The van der Waals surface area contributed by atoms with E-state index in [0.29, 0.717) is 126 Å². The van der Waals surface area contributed by atoms with Gasteiger partial charge in [0.2, 0.25) is 23.6 Å². The second-order valence-corrected chi connectivity index (χ2v) is 47.4. The molecule has 762 valence electrons. The number of aryl methyl sites for hydroxylation is 11. The SMILES string of the molecule is C.C.C.C.Cc1ccc(CC(=O)Nc2nc(-c3ccc4c(c3)CCN4S(=O)(=O)c3ccccc3C)c(C)s2)cc1.Cc1cccc(CC(=O)Nc2nc(-c3ccc4c(c3)CCN4S(=O)(=O)c3ccccc3C)c(C)s2)n1.Cc1cccc(CC(=O)Nc2nc(-c3ccc4c(c3)CCN4S(=O)(=O)c3ccccc3C)c(C)s2)n1.Cc1ccccc1S(=O)(=O)N1CCc2cc(-c3nc(NC(=O)Cc4cccnc4)sc3C)ccc21. The summed E-state index contributed by atoms with van der Waals surface area (Å²) < 4.78 is 113. The summed E-state index contributed by atoms with van der Waals surface area (Å²) in [6.45, 7) is 22.5. The number of nitrogens with one attached hydrogen (secondary N) is 4. The van der Waals surface area contributed by atoms with Crippen molar-refractivity contribution in [1.82, 2.24) is 34.9 Å². The third kappa shape index (κ3) is 24.7. The van der Waals surface area contributed by atoms with E-state index in [4.69, 9.17) is 0 Å². The Kier molecular flexibility index (Phi) is 35.0. The molecule has 0 unspecified atom stereocenters. The van der Waals surface area contributed by atoms with Crippen molar-refractivity contribution in [2.45, 2.75) is 177 Å². The first-order chi connectivity index (χ1) is 68.5. The summed E-state index contributed by atoms with van der Waals surface area (Å²) in [5.41, 5.74) is 22.5. The average molecular weight is 2120 g/mol. The van der Waals surface area contributed by atoms with Crippen molar-refractivity contribution in [1.29, 1.82) is 0 Å². The highest BCUT2D eigenvalue weighted by atomic mass is 32.2. The van der Waals surface area contributed by atoms with E-state index in [1.807, 2.05) is 264 Å². The lowest BCUT2D eigenvalue weighted by atomic mass is 10.1. The van der Waals surface area contributed by atoms with Crippen LogP contribution in [0.1, 0.15) is 133 Å². The number of carbonyl (C=O) groups excluding carboxylic acids is 4. The Hall–Kier alpha value is -14.2. The fourth-order valence-electron chi connectivity index (χ4n) is 17.8. The highest BCUT2D eigenvalue weighted by Crippen LogP contribution is 2.45. The fourth-order valence-corrected chi connectivity index (χ4v) is 28.1. The molecule has 0 saturated carbocycles. The van der Waals surface area contributed by atoms with E-state index < -0.39 is 40.1 Å². The van der Waals surface area contributed by atoms with Crippen LogP contribution in [0.3, 0.4) is 0 Å². The van der Waals surface area contributed by atoms with Gasteiger partial charge in [-0.05, 0) is 261 Å². The molecule has 0 atom stereocenters. The van der Waals surface area contributed by atoms with E-state index >= 15 is 0 Å². The summed E-state index contributed by atoms with van der Waals surface area (Å²) >= 11 is 5.70. The molecular weight excluding hydrogens is 2000 g/mol. The molecule has 27 nitrogen and oxygen atoms in total. The predicted molar refractivity (Wildman–Crippen MR) is 596 cm³/mol. The quantitative estimate of drug-likeness (QED) is 0.0436. The molecule has 20 rings (SSSR count). The van der Waals surface area contributed by atoms with E-state index in [9.17, 15) is 52.8 Å². The predicted octanol–water partition coefficient (Wildman–Crippen LogP) is 23.1. The molecule has 0 bridgehead atoms. The maximum Gasteiger partial charge on any atom is 0.264 e. The molecule has 4 aliphatic rings. The van der Waals surface area contributed by atoms with Gasteiger partial charge in [-0.15, -0.1) is 45.3 Å². The molecule has 147 heavy (non-hydrogen) atoms. The summed E-state index contributed by atoms with van der Waals surface area (Å²) in [5, 5.41) is 13.7. The van der Waals surface area contributed by atoms with Crippen molar-refractivity contribution < 1.29 is 52.8 Å². The highest BCUT2D eigenvalue weighted by molar-refractivity contribution is 7.94. The third-order valence-corrected chi connectivity index (χ3v) is 36.2. The molecular formula is C112H119N15O12S8. The molecule has 9 aromatic carbocycles. The summed E-state index contributed by atoms with van der Waals surface area (Å²) in [4.78, 5) is 86.7. The number of pyridine rings is 3.